The monoisotopic (exact) mass is 314 g/mol. The molecule has 1 aromatic rings. The standard InChI is InChI=1S/C14H22N2O4S/c15-13-1-3-14(4-2-13)20-9-10-21(17,18)16-7-5-12-6-8-19-11-12/h1-4,12,16H,5-11,15H2. The van der Waals surface area contributed by atoms with Gasteiger partial charge in [0.25, 0.3) is 0 Å². The maximum absolute atomic E-state index is 11.8. The van der Waals surface area contributed by atoms with Crippen LogP contribution in [0.4, 0.5) is 5.69 Å². The zero-order valence-electron chi connectivity index (χ0n) is 12.0. The van der Waals surface area contributed by atoms with Gasteiger partial charge in [0.05, 0.1) is 5.75 Å². The lowest BCUT2D eigenvalue weighted by Crippen LogP contribution is -2.30. The van der Waals surface area contributed by atoms with Gasteiger partial charge >= 0.3 is 0 Å². The van der Waals surface area contributed by atoms with E-state index in [0.717, 1.165) is 26.1 Å². The quantitative estimate of drug-likeness (QED) is 0.698. The molecule has 0 radical (unpaired) electrons. The fourth-order valence-electron chi connectivity index (χ4n) is 2.14. The maximum atomic E-state index is 11.8. The number of hydrogen-bond acceptors (Lipinski definition) is 5. The van der Waals surface area contributed by atoms with Gasteiger partial charge in [0, 0.05) is 25.4 Å². The second kappa shape index (κ2) is 7.63. The smallest absolute Gasteiger partial charge is 0.214 e. The molecule has 0 spiro atoms. The van der Waals surface area contributed by atoms with Crippen molar-refractivity contribution in [1.29, 1.82) is 0 Å². The molecule has 0 aromatic heterocycles. The molecule has 0 aliphatic carbocycles. The molecule has 1 heterocycles. The minimum absolute atomic E-state index is 0.0570. The summed E-state index contributed by atoms with van der Waals surface area (Å²) in [5.74, 6) is 1.03. The predicted molar refractivity (Wildman–Crippen MR) is 81.7 cm³/mol. The van der Waals surface area contributed by atoms with E-state index in [9.17, 15) is 8.42 Å². The fourth-order valence-corrected chi connectivity index (χ4v) is 3.01. The molecule has 0 bridgehead atoms. The average Bonchev–Trinajstić information content (AvgIpc) is 2.94. The molecule has 7 heteroatoms. The van der Waals surface area contributed by atoms with Gasteiger partial charge in [-0.25, -0.2) is 13.1 Å². The number of nitrogens with one attached hydrogen (secondary N) is 1. The molecule has 2 rings (SSSR count). The van der Waals surface area contributed by atoms with E-state index < -0.39 is 10.0 Å². The molecule has 21 heavy (non-hydrogen) atoms. The Hall–Kier alpha value is -1.31. The molecular weight excluding hydrogens is 292 g/mol. The highest BCUT2D eigenvalue weighted by Gasteiger charge is 2.17. The van der Waals surface area contributed by atoms with Crippen molar-refractivity contribution in [3.63, 3.8) is 0 Å². The van der Waals surface area contributed by atoms with E-state index in [1.165, 1.54) is 0 Å². The lowest BCUT2D eigenvalue weighted by atomic mass is 10.1. The van der Waals surface area contributed by atoms with Gasteiger partial charge in [-0.2, -0.15) is 0 Å². The van der Waals surface area contributed by atoms with E-state index in [4.69, 9.17) is 15.2 Å². The number of benzene rings is 1. The number of anilines is 1. The Labute approximate surface area is 125 Å². The third-order valence-corrected chi connectivity index (χ3v) is 4.75. The van der Waals surface area contributed by atoms with Crippen LogP contribution in [-0.2, 0) is 14.8 Å². The average molecular weight is 314 g/mol. The normalized spacial score (nSPS) is 18.8. The van der Waals surface area contributed by atoms with Crippen LogP contribution in [0.15, 0.2) is 24.3 Å². The maximum Gasteiger partial charge on any atom is 0.214 e. The summed E-state index contributed by atoms with van der Waals surface area (Å²) in [5, 5.41) is 0. The van der Waals surface area contributed by atoms with Gasteiger partial charge in [-0.1, -0.05) is 0 Å². The first-order chi connectivity index (χ1) is 10.1. The SMILES string of the molecule is Nc1ccc(OCCS(=O)(=O)NCCC2CCOC2)cc1. The fraction of sp³-hybridized carbons (Fsp3) is 0.571. The Morgan fingerprint density at radius 3 is 2.76 bits per heavy atom. The molecule has 3 N–H and O–H groups in total. The van der Waals surface area contributed by atoms with Crippen LogP contribution >= 0.6 is 0 Å². The summed E-state index contributed by atoms with van der Waals surface area (Å²) < 4.78 is 36.8. The molecule has 6 nitrogen and oxygen atoms in total. The van der Waals surface area contributed by atoms with Crippen LogP contribution in [0, 0.1) is 5.92 Å². The molecule has 1 aliphatic heterocycles. The molecule has 1 aromatic carbocycles. The van der Waals surface area contributed by atoms with Crippen molar-refractivity contribution in [1.82, 2.24) is 4.72 Å². The number of ether oxygens (including phenoxy) is 2. The molecule has 1 saturated heterocycles. The number of rotatable bonds is 8. The third kappa shape index (κ3) is 5.91. The molecule has 1 fully saturated rings. The van der Waals surface area contributed by atoms with E-state index in [2.05, 4.69) is 4.72 Å². The van der Waals surface area contributed by atoms with Gasteiger partial charge in [0.2, 0.25) is 10.0 Å². The lowest BCUT2D eigenvalue weighted by molar-refractivity contribution is 0.184. The lowest BCUT2D eigenvalue weighted by Gasteiger charge is -2.10. The van der Waals surface area contributed by atoms with Crippen molar-refractivity contribution in [3.8, 4) is 5.75 Å². The van der Waals surface area contributed by atoms with Crippen LogP contribution in [-0.4, -0.2) is 40.5 Å². The first-order valence-electron chi connectivity index (χ1n) is 7.08. The topological polar surface area (TPSA) is 90.7 Å². The molecule has 1 unspecified atom stereocenters. The Morgan fingerprint density at radius 2 is 2.10 bits per heavy atom. The molecule has 118 valence electrons. The molecule has 0 amide bonds. The van der Waals surface area contributed by atoms with Crippen molar-refractivity contribution in [2.24, 2.45) is 5.92 Å². The molecule has 0 saturated carbocycles. The predicted octanol–water partition coefficient (Wildman–Crippen LogP) is 0.994. The third-order valence-electron chi connectivity index (χ3n) is 3.40. The first kappa shape index (κ1) is 16.1. The van der Waals surface area contributed by atoms with Gasteiger partial charge in [-0.3, -0.25) is 0 Å². The number of sulfonamides is 1. The van der Waals surface area contributed by atoms with Crippen LogP contribution in [0.5, 0.6) is 5.75 Å². The highest BCUT2D eigenvalue weighted by atomic mass is 32.2. The molecule has 1 atom stereocenters. The second-order valence-corrected chi connectivity index (χ2v) is 7.08. The summed E-state index contributed by atoms with van der Waals surface area (Å²) in [6, 6.07) is 6.86. The highest BCUT2D eigenvalue weighted by Crippen LogP contribution is 2.15. The van der Waals surface area contributed by atoms with Crippen molar-refractivity contribution in [2.75, 3.05) is 37.9 Å². The van der Waals surface area contributed by atoms with Crippen molar-refractivity contribution in [2.45, 2.75) is 12.8 Å². The summed E-state index contributed by atoms with van der Waals surface area (Å²) in [6.45, 7) is 2.10. The highest BCUT2D eigenvalue weighted by molar-refractivity contribution is 7.89. The van der Waals surface area contributed by atoms with Gasteiger partial charge in [-0.15, -0.1) is 0 Å². The van der Waals surface area contributed by atoms with Gasteiger partial charge in [0.1, 0.15) is 12.4 Å². The zero-order valence-corrected chi connectivity index (χ0v) is 12.8. The van der Waals surface area contributed by atoms with Crippen LogP contribution in [0.3, 0.4) is 0 Å². The van der Waals surface area contributed by atoms with E-state index in [0.29, 0.717) is 23.9 Å². The number of nitrogens with two attached hydrogens (primary N) is 1. The second-order valence-electron chi connectivity index (χ2n) is 5.15. The Bertz CT molecular complexity index is 524. The van der Waals surface area contributed by atoms with Crippen molar-refractivity contribution >= 4 is 15.7 Å². The minimum Gasteiger partial charge on any atom is -0.492 e. The first-order valence-corrected chi connectivity index (χ1v) is 8.74. The van der Waals surface area contributed by atoms with Gasteiger partial charge in [-0.05, 0) is 43.0 Å². The zero-order chi connectivity index (χ0) is 15.1. The largest absolute Gasteiger partial charge is 0.492 e. The van der Waals surface area contributed by atoms with E-state index in [1.807, 2.05) is 0 Å². The minimum atomic E-state index is -3.29. The summed E-state index contributed by atoms with van der Waals surface area (Å²) in [6.07, 6.45) is 1.83. The van der Waals surface area contributed by atoms with E-state index in [-0.39, 0.29) is 12.4 Å². The van der Waals surface area contributed by atoms with E-state index >= 15 is 0 Å². The summed E-state index contributed by atoms with van der Waals surface area (Å²) in [5.41, 5.74) is 6.21. The summed E-state index contributed by atoms with van der Waals surface area (Å²) in [7, 11) is -3.29. The van der Waals surface area contributed by atoms with Gasteiger partial charge in [0.15, 0.2) is 0 Å². The Balaban J connectivity index is 1.64. The molecule has 1 aliphatic rings. The molecular formula is C14H22N2O4S. The number of nitrogen functional groups attached to an aromatic ring is 1. The van der Waals surface area contributed by atoms with Crippen LogP contribution < -0.4 is 15.2 Å². The summed E-state index contributed by atoms with van der Waals surface area (Å²) >= 11 is 0. The van der Waals surface area contributed by atoms with E-state index in [1.54, 1.807) is 24.3 Å². The number of hydrogen-bond donors (Lipinski definition) is 2. The van der Waals surface area contributed by atoms with Crippen molar-refractivity contribution < 1.29 is 17.9 Å². The van der Waals surface area contributed by atoms with Crippen LogP contribution in [0.1, 0.15) is 12.8 Å². The van der Waals surface area contributed by atoms with Crippen LogP contribution in [0.2, 0.25) is 0 Å². The van der Waals surface area contributed by atoms with Crippen LogP contribution in [0.25, 0.3) is 0 Å². The van der Waals surface area contributed by atoms with Crippen molar-refractivity contribution in [3.05, 3.63) is 24.3 Å². The Kier molecular flexibility index (Phi) is 5.84. The summed E-state index contributed by atoms with van der Waals surface area (Å²) in [4.78, 5) is 0. The Morgan fingerprint density at radius 1 is 1.33 bits per heavy atom. The van der Waals surface area contributed by atoms with Gasteiger partial charge < -0.3 is 15.2 Å².